The summed E-state index contributed by atoms with van der Waals surface area (Å²) >= 11 is 5.60. The van der Waals surface area contributed by atoms with Crippen molar-refractivity contribution in [3.05, 3.63) is 34.6 Å². The van der Waals surface area contributed by atoms with Crippen LogP contribution in [0.15, 0.2) is 18.2 Å². The highest BCUT2D eigenvalue weighted by Gasteiger charge is 2.20. The summed E-state index contributed by atoms with van der Waals surface area (Å²) in [5.41, 5.74) is 0.378. The van der Waals surface area contributed by atoms with E-state index < -0.39 is 11.9 Å². The lowest BCUT2D eigenvalue weighted by molar-refractivity contribution is 0.169. The molecule has 1 saturated heterocycles. The Bertz CT molecular complexity index is 536. The van der Waals surface area contributed by atoms with Crippen LogP contribution in [-0.2, 0) is 0 Å². The number of aliphatic hydroxyl groups is 1. The number of amides is 2. The van der Waals surface area contributed by atoms with Gasteiger partial charge in [-0.1, -0.05) is 24.6 Å². The number of likely N-dealkylation sites (tertiary alicyclic amines) is 1. The summed E-state index contributed by atoms with van der Waals surface area (Å²) in [4.78, 5) is 14.2. The zero-order valence-corrected chi connectivity index (χ0v) is 13.9. The predicted octanol–water partition coefficient (Wildman–Crippen LogP) is 2.30. The second-order valence-electron chi connectivity index (χ2n) is 5.75. The van der Waals surface area contributed by atoms with E-state index in [1.165, 1.54) is 18.2 Å². The molecule has 128 valence electrons. The molecule has 0 aromatic heterocycles. The van der Waals surface area contributed by atoms with E-state index >= 15 is 0 Å². The molecule has 1 atom stereocenters. The first-order valence-corrected chi connectivity index (χ1v) is 8.27. The van der Waals surface area contributed by atoms with E-state index in [2.05, 4.69) is 22.5 Å². The monoisotopic (exact) mass is 343 g/mol. The summed E-state index contributed by atoms with van der Waals surface area (Å²) in [6.45, 7) is 5.13. The number of urea groups is 1. The summed E-state index contributed by atoms with van der Waals surface area (Å²) in [5.74, 6) is -0.588. The van der Waals surface area contributed by atoms with Crippen LogP contribution < -0.4 is 10.6 Å². The van der Waals surface area contributed by atoms with Gasteiger partial charge in [0.2, 0.25) is 0 Å². The molecule has 1 aliphatic heterocycles. The lowest BCUT2D eigenvalue weighted by atomic mass is 10.1. The second-order valence-corrected chi connectivity index (χ2v) is 6.16. The minimum atomic E-state index is -0.977. The third-order valence-corrected chi connectivity index (χ3v) is 4.46. The zero-order chi connectivity index (χ0) is 16.8. The van der Waals surface area contributed by atoms with Crippen molar-refractivity contribution in [3.63, 3.8) is 0 Å². The van der Waals surface area contributed by atoms with E-state index in [4.69, 9.17) is 11.6 Å². The Balaban J connectivity index is 1.74. The molecule has 1 fully saturated rings. The highest BCUT2D eigenvalue weighted by Crippen LogP contribution is 2.19. The molecule has 1 unspecified atom stereocenters. The zero-order valence-electron chi connectivity index (χ0n) is 13.2. The summed E-state index contributed by atoms with van der Waals surface area (Å²) in [6, 6.07) is 3.94. The first-order chi connectivity index (χ1) is 11.0. The molecule has 1 aromatic carbocycles. The summed E-state index contributed by atoms with van der Waals surface area (Å²) < 4.78 is 13.4. The van der Waals surface area contributed by atoms with Crippen molar-refractivity contribution in [1.29, 1.82) is 0 Å². The second kappa shape index (κ2) is 8.47. The maximum absolute atomic E-state index is 13.4. The molecule has 1 heterocycles. The number of hydrogen-bond donors (Lipinski definition) is 3. The first kappa shape index (κ1) is 18.0. The number of aliphatic hydroxyl groups excluding tert-OH is 1. The van der Waals surface area contributed by atoms with Crippen molar-refractivity contribution < 1.29 is 14.3 Å². The Kier molecular flexibility index (Phi) is 6.62. The fourth-order valence-electron chi connectivity index (χ4n) is 2.66. The van der Waals surface area contributed by atoms with Crippen LogP contribution in [0.4, 0.5) is 9.18 Å². The van der Waals surface area contributed by atoms with Crippen molar-refractivity contribution >= 4 is 17.6 Å². The van der Waals surface area contributed by atoms with Crippen molar-refractivity contribution in [2.45, 2.75) is 31.9 Å². The summed E-state index contributed by atoms with van der Waals surface area (Å²) in [5, 5.41) is 15.5. The van der Waals surface area contributed by atoms with Crippen molar-refractivity contribution in [2.24, 2.45) is 0 Å². The molecule has 2 rings (SSSR count). The molecular weight excluding hydrogens is 321 g/mol. The number of rotatable bonds is 5. The van der Waals surface area contributed by atoms with E-state index in [1.54, 1.807) is 0 Å². The van der Waals surface area contributed by atoms with Crippen LogP contribution in [0.3, 0.4) is 0 Å². The highest BCUT2D eigenvalue weighted by molar-refractivity contribution is 6.30. The molecule has 23 heavy (non-hydrogen) atoms. The molecule has 5 nitrogen and oxygen atoms in total. The standard InChI is InChI=1S/C16H23ClFN3O2/c1-2-21-7-5-12(6-8-21)20-16(23)19-10-15(22)11-3-4-13(17)14(18)9-11/h3-4,9,12,15,22H,2,5-8,10H2,1H3,(H2,19,20,23). The van der Waals surface area contributed by atoms with Crippen LogP contribution in [0.2, 0.25) is 5.02 Å². The topological polar surface area (TPSA) is 64.6 Å². The van der Waals surface area contributed by atoms with Gasteiger partial charge in [-0.25, -0.2) is 9.18 Å². The highest BCUT2D eigenvalue weighted by atomic mass is 35.5. The van der Waals surface area contributed by atoms with Gasteiger partial charge in [0.1, 0.15) is 5.82 Å². The van der Waals surface area contributed by atoms with Gasteiger partial charge in [0, 0.05) is 25.7 Å². The van der Waals surface area contributed by atoms with Gasteiger partial charge in [-0.2, -0.15) is 0 Å². The van der Waals surface area contributed by atoms with Gasteiger partial charge in [0.25, 0.3) is 0 Å². The Morgan fingerprint density at radius 2 is 2.17 bits per heavy atom. The number of carbonyl (C=O) groups is 1. The smallest absolute Gasteiger partial charge is 0.315 e. The molecule has 0 bridgehead atoms. The maximum Gasteiger partial charge on any atom is 0.315 e. The molecule has 3 N–H and O–H groups in total. The molecule has 0 aliphatic carbocycles. The van der Waals surface area contributed by atoms with Gasteiger partial charge in [0.05, 0.1) is 11.1 Å². The summed E-state index contributed by atoms with van der Waals surface area (Å²) in [7, 11) is 0. The van der Waals surface area contributed by atoms with Gasteiger partial charge in [-0.3, -0.25) is 0 Å². The maximum atomic E-state index is 13.4. The van der Waals surface area contributed by atoms with Crippen molar-refractivity contribution in [3.8, 4) is 0 Å². The Hall–Kier alpha value is -1.37. The molecule has 1 aromatic rings. The normalized spacial score (nSPS) is 17.7. The largest absolute Gasteiger partial charge is 0.387 e. The van der Waals surface area contributed by atoms with Crippen LogP contribution in [0.5, 0.6) is 0 Å². The molecule has 0 spiro atoms. The molecule has 1 aliphatic rings. The minimum absolute atomic E-state index is 0.00470. The number of nitrogens with zero attached hydrogens (tertiary/aromatic N) is 1. The fraction of sp³-hybridized carbons (Fsp3) is 0.562. The van der Waals surface area contributed by atoms with E-state index in [0.29, 0.717) is 5.56 Å². The minimum Gasteiger partial charge on any atom is -0.387 e. The lowest BCUT2D eigenvalue weighted by Gasteiger charge is -2.31. The Morgan fingerprint density at radius 1 is 1.48 bits per heavy atom. The third kappa shape index (κ3) is 5.34. The van der Waals surface area contributed by atoms with Crippen molar-refractivity contribution in [2.75, 3.05) is 26.2 Å². The average molecular weight is 344 g/mol. The number of carbonyl (C=O) groups excluding carboxylic acids is 1. The Labute approximate surface area is 140 Å². The molecule has 0 radical (unpaired) electrons. The first-order valence-electron chi connectivity index (χ1n) is 7.89. The molecule has 0 saturated carbocycles. The number of piperidine rings is 1. The van der Waals surface area contributed by atoms with Crippen LogP contribution in [-0.4, -0.2) is 48.3 Å². The number of hydrogen-bond acceptors (Lipinski definition) is 3. The van der Waals surface area contributed by atoms with Crippen molar-refractivity contribution in [1.82, 2.24) is 15.5 Å². The van der Waals surface area contributed by atoms with Crippen LogP contribution in [0, 0.1) is 5.82 Å². The van der Waals surface area contributed by atoms with Gasteiger partial charge in [-0.05, 0) is 37.1 Å². The van der Waals surface area contributed by atoms with Gasteiger partial charge >= 0.3 is 6.03 Å². The quantitative estimate of drug-likeness (QED) is 0.768. The lowest BCUT2D eigenvalue weighted by Crippen LogP contribution is -2.48. The number of benzene rings is 1. The SMILES string of the molecule is CCN1CCC(NC(=O)NCC(O)c2ccc(Cl)c(F)c2)CC1. The molecule has 2 amide bonds. The van der Waals surface area contributed by atoms with Crippen LogP contribution in [0.25, 0.3) is 0 Å². The van der Waals surface area contributed by atoms with Crippen LogP contribution in [0.1, 0.15) is 31.4 Å². The Morgan fingerprint density at radius 3 is 2.78 bits per heavy atom. The molecule has 7 heteroatoms. The van der Waals surface area contributed by atoms with Crippen LogP contribution >= 0.6 is 11.6 Å². The van der Waals surface area contributed by atoms with E-state index in [0.717, 1.165) is 32.5 Å². The average Bonchev–Trinajstić information content (AvgIpc) is 2.56. The van der Waals surface area contributed by atoms with E-state index in [1.807, 2.05) is 0 Å². The van der Waals surface area contributed by atoms with Gasteiger partial charge in [-0.15, -0.1) is 0 Å². The summed E-state index contributed by atoms with van der Waals surface area (Å²) in [6.07, 6.45) is 0.868. The predicted molar refractivity (Wildman–Crippen MR) is 88.0 cm³/mol. The fourth-order valence-corrected chi connectivity index (χ4v) is 2.77. The van der Waals surface area contributed by atoms with Gasteiger partial charge < -0.3 is 20.6 Å². The van der Waals surface area contributed by atoms with E-state index in [-0.39, 0.29) is 23.6 Å². The van der Waals surface area contributed by atoms with E-state index in [9.17, 15) is 14.3 Å². The molecular formula is C16H23ClFN3O2. The number of nitrogens with one attached hydrogen (secondary N) is 2. The third-order valence-electron chi connectivity index (χ3n) is 4.15. The van der Waals surface area contributed by atoms with Gasteiger partial charge in [0.15, 0.2) is 0 Å². The number of halogens is 2.